The van der Waals surface area contributed by atoms with Crippen LogP contribution in [-0.4, -0.2) is 11.0 Å². The van der Waals surface area contributed by atoms with E-state index in [0.29, 0.717) is 10.2 Å². The molecule has 0 aliphatic carbocycles. The van der Waals surface area contributed by atoms with Crippen LogP contribution in [-0.2, 0) is 0 Å². The summed E-state index contributed by atoms with van der Waals surface area (Å²) in [5.41, 5.74) is 6.79. The van der Waals surface area contributed by atoms with Gasteiger partial charge in [0, 0.05) is 30.1 Å². The predicted octanol–water partition coefficient (Wildman–Crippen LogP) is 3.45. The average molecular weight is 325 g/mol. The maximum atomic E-state index is 13.5. The molecule has 0 aliphatic rings. The second-order valence-electron chi connectivity index (χ2n) is 4.26. The molecule has 100 valence electrons. The minimum absolute atomic E-state index is 0.240. The normalized spacial score (nSPS) is 13.9. The van der Waals surface area contributed by atoms with Gasteiger partial charge in [-0.3, -0.25) is 4.98 Å². The summed E-state index contributed by atoms with van der Waals surface area (Å²) in [6.07, 6.45) is 3.01. The highest BCUT2D eigenvalue weighted by Gasteiger charge is 2.18. The van der Waals surface area contributed by atoms with Crippen molar-refractivity contribution in [3.63, 3.8) is 0 Å². The number of aromatic nitrogens is 1. The number of ether oxygens (including phenoxy) is 1. The lowest BCUT2D eigenvalue weighted by atomic mass is 10.1. The Morgan fingerprint density at radius 2 is 2.16 bits per heavy atom. The summed E-state index contributed by atoms with van der Waals surface area (Å²) in [5.74, 6) is 0.0685. The molecule has 0 saturated carbocycles. The summed E-state index contributed by atoms with van der Waals surface area (Å²) >= 11 is 3.10. The number of pyridine rings is 1. The van der Waals surface area contributed by atoms with Crippen molar-refractivity contribution in [2.24, 2.45) is 5.73 Å². The third-order valence-electron chi connectivity index (χ3n) is 2.64. The number of nitrogens with two attached hydrogens (primary N) is 1. The van der Waals surface area contributed by atoms with Crippen molar-refractivity contribution < 1.29 is 9.13 Å². The van der Waals surface area contributed by atoms with Gasteiger partial charge >= 0.3 is 0 Å². The fraction of sp³-hybridized carbons (Fsp3) is 0.214. The second kappa shape index (κ2) is 6.12. The third-order valence-corrected chi connectivity index (χ3v) is 3.29. The van der Waals surface area contributed by atoms with Gasteiger partial charge in [-0.15, -0.1) is 0 Å². The lowest BCUT2D eigenvalue weighted by molar-refractivity contribution is 0.179. The first-order chi connectivity index (χ1) is 9.08. The van der Waals surface area contributed by atoms with Crippen molar-refractivity contribution in [2.75, 3.05) is 0 Å². The van der Waals surface area contributed by atoms with Crippen LogP contribution in [0.25, 0.3) is 0 Å². The first-order valence-electron chi connectivity index (χ1n) is 5.85. The molecule has 0 radical (unpaired) electrons. The number of halogens is 2. The van der Waals surface area contributed by atoms with Crippen LogP contribution in [0.1, 0.15) is 18.6 Å². The fourth-order valence-electron chi connectivity index (χ4n) is 1.72. The molecule has 2 rings (SSSR count). The summed E-state index contributed by atoms with van der Waals surface area (Å²) in [5, 5.41) is 0. The lowest BCUT2D eigenvalue weighted by Crippen LogP contribution is -2.29. The largest absolute Gasteiger partial charge is 0.484 e. The van der Waals surface area contributed by atoms with Crippen LogP contribution >= 0.6 is 15.9 Å². The molecule has 1 aromatic carbocycles. The van der Waals surface area contributed by atoms with Crippen molar-refractivity contribution in [3.8, 4) is 5.75 Å². The van der Waals surface area contributed by atoms with Gasteiger partial charge in [0.1, 0.15) is 17.7 Å². The van der Waals surface area contributed by atoms with Crippen molar-refractivity contribution >= 4 is 15.9 Å². The standard InChI is InChI=1S/C14H14BrFN2O/c1-9(17)14(10-3-2-6-18-8-10)19-11-4-5-12(15)13(16)7-11/h2-9,14H,17H2,1H3. The van der Waals surface area contributed by atoms with E-state index in [4.69, 9.17) is 10.5 Å². The lowest BCUT2D eigenvalue weighted by Gasteiger charge is -2.22. The van der Waals surface area contributed by atoms with E-state index in [2.05, 4.69) is 20.9 Å². The Morgan fingerprint density at radius 1 is 1.37 bits per heavy atom. The molecule has 0 amide bonds. The van der Waals surface area contributed by atoms with Gasteiger partial charge in [-0.1, -0.05) is 6.07 Å². The molecule has 19 heavy (non-hydrogen) atoms. The first-order valence-corrected chi connectivity index (χ1v) is 6.64. The molecule has 0 fully saturated rings. The van der Waals surface area contributed by atoms with Crippen LogP contribution in [0.5, 0.6) is 5.75 Å². The summed E-state index contributed by atoms with van der Waals surface area (Å²) < 4.78 is 19.6. The highest BCUT2D eigenvalue weighted by molar-refractivity contribution is 9.10. The Kier molecular flexibility index (Phi) is 4.50. The predicted molar refractivity (Wildman–Crippen MR) is 75.4 cm³/mol. The van der Waals surface area contributed by atoms with Gasteiger partial charge < -0.3 is 10.5 Å². The molecule has 0 spiro atoms. The average Bonchev–Trinajstić information content (AvgIpc) is 2.40. The molecular weight excluding hydrogens is 311 g/mol. The van der Waals surface area contributed by atoms with Crippen molar-refractivity contribution in [1.82, 2.24) is 4.98 Å². The van der Waals surface area contributed by atoms with Gasteiger partial charge in [-0.25, -0.2) is 4.39 Å². The van der Waals surface area contributed by atoms with E-state index in [1.807, 2.05) is 19.1 Å². The summed E-state index contributed by atoms with van der Waals surface area (Å²) in [4.78, 5) is 4.04. The summed E-state index contributed by atoms with van der Waals surface area (Å²) in [7, 11) is 0. The molecule has 2 atom stereocenters. The number of hydrogen-bond donors (Lipinski definition) is 1. The van der Waals surface area contributed by atoms with Crippen LogP contribution in [0.3, 0.4) is 0 Å². The van der Waals surface area contributed by atoms with E-state index < -0.39 is 0 Å². The highest BCUT2D eigenvalue weighted by Crippen LogP contribution is 2.26. The Morgan fingerprint density at radius 3 is 2.74 bits per heavy atom. The maximum absolute atomic E-state index is 13.5. The fourth-order valence-corrected chi connectivity index (χ4v) is 1.97. The molecule has 2 unspecified atom stereocenters. The van der Waals surface area contributed by atoms with Crippen molar-refractivity contribution in [1.29, 1.82) is 0 Å². The minimum Gasteiger partial charge on any atom is -0.484 e. The van der Waals surface area contributed by atoms with Gasteiger partial charge in [0.2, 0.25) is 0 Å². The zero-order chi connectivity index (χ0) is 13.8. The quantitative estimate of drug-likeness (QED) is 0.937. The van der Waals surface area contributed by atoms with Gasteiger partial charge in [0.15, 0.2) is 0 Å². The van der Waals surface area contributed by atoms with Crippen LogP contribution < -0.4 is 10.5 Å². The molecule has 3 nitrogen and oxygen atoms in total. The summed E-state index contributed by atoms with van der Waals surface area (Å²) in [6.45, 7) is 1.84. The molecule has 2 aromatic rings. The van der Waals surface area contributed by atoms with Gasteiger partial charge in [0.25, 0.3) is 0 Å². The summed E-state index contributed by atoms with van der Waals surface area (Å²) in [6, 6.07) is 8.09. The molecule has 1 aromatic heterocycles. The van der Waals surface area contributed by atoms with Crippen molar-refractivity contribution in [3.05, 3.63) is 58.6 Å². The number of rotatable bonds is 4. The van der Waals surface area contributed by atoms with E-state index in [-0.39, 0.29) is 18.0 Å². The maximum Gasteiger partial charge on any atom is 0.141 e. The molecule has 0 bridgehead atoms. The Labute approximate surface area is 119 Å². The monoisotopic (exact) mass is 324 g/mol. The van der Waals surface area contributed by atoms with Gasteiger partial charge in [-0.2, -0.15) is 0 Å². The van der Waals surface area contributed by atoms with Crippen LogP contribution in [0.15, 0.2) is 47.2 Å². The van der Waals surface area contributed by atoms with Gasteiger partial charge in [0.05, 0.1) is 4.47 Å². The molecule has 2 N–H and O–H groups in total. The van der Waals surface area contributed by atoms with Gasteiger partial charge in [-0.05, 0) is 41.1 Å². The topological polar surface area (TPSA) is 48.1 Å². The van der Waals surface area contributed by atoms with Crippen molar-refractivity contribution in [2.45, 2.75) is 19.1 Å². The number of nitrogens with zero attached hydrogens (tertiary/aromatic N) is 1. The molecule has 0 saturated heterocycles. The molecular formula is C14H14BrFN2O. The Bertz CT molecular complexity index is 548. The van der Waals surface area contributed by atoms with E-state index in [0.717, 1.165) is 5.56 Å². The van der Waals surface area contributed by atoms with E-state index in [1.54, 1.807) is 24.5 Å². The molecule has 1 heterocycles. The zero-order valence-corrected chi connectivity index (χ0v) is 12.0. The molecule has 5 heteroatoms. The number of hydrogen-bond acceptors (Lipinski definition) is 3. The third kappa shape index (κ3) is 3.52. The van der Waals surface area contributed by atoms with E-state index in [1.165, 1.54) is 6.07 Å². The van der Waals surface area contributed by atoms with Crippen LogP contribution in [0.2, 0.25) is 0 Å². The highest BCUT2D eigenvalue weighted by atomic mass is 79.9. The Hall–Kier alpha value is -1.46. The Balaban J connectivity index is 2.24. The van der Waals surface area contributed by atoms with E-state index in [9.17, 15) is 4.39 Å². The minimum atomic E-state index is -0.368. The number of benzene rings is 1. The second-order valence-corrected chi connectivity index (χ2v) is 5.11. The van der Waals surface area contributed by atoms with E-state index >= 15 is 0 Å². The van der Waals surface area contributed by atoms with Crippen LogP contribution in [0.4, 0.5) is 4.39 Å². The zero-order valence-electron chi connectivity index (χ0n) is 10.4. The SMILES string of the molecule is CC(N)C(Oc1ccc(Br)c(F)c1)c1cccnc1. The van der Waals surface area contributed by atoms with Crippen LogP contribution in [0, 0.1) is 5.82 Å². The first kappa shape index (κ1) is 14.0. The molecule has 0 aliphatic heterocycles. The smallest absolute Gasteiger partial charge is 0.141 e.